The summed E-state index contributed by atoms with van der Waals surface area (Å²) in [6.07, 6.45) is 11.5. The van der Waals surface area contributed by atoms with Crippen LogP contribution < -0.4 is 0 Å². The first-order chi connectivity index (χ1) is 5.41. The van der Waals surface area contributed by atoms with Crippen molar-refractivity contribution in [2.75, 3.05) is 0 Å². The molecule has 66 valence electrons. The number of hydrogen-bond donors (Lipinski definition) is 0. The minimum atomic E-state index is 1.37. The van der Waals surface area contributed by atoms with Crippen LogP contribution in [0.25, 0.3) is 0 Å². The topological polar surface area (TPSA) is 0 Å². The maximum absolute atomic E-state index is 2.27. The highest BCUT2D eigenvalue weighted by molar-refractivity contribution is 6.35. The summed E-state index contributed by atoms with van der Waals surface area (Å²) in [5, 5.41) is 0. The third kappa shape index (κ3) is 10.1. The molecule has 0 rings (SSSR count). The summed E-state index contributed by atoms with van der Waals surface area (Å²) in [7, 11) is 1.47. The number of rotatable bonds is 8. The maximum atomic E-state index is 2.27. The molecular weight excluding hydrogens is 131 g/mol. The van der Waals surface area contributed by atoms with Gasteiger partial charge in [0.2, 0.25) is 0 Å². The smallest absolute Gasteiger partial charge is 0.0774 e. The summed E-state index contributed by atoms with van der Waals surface area (Å²) in [5.41, 5.74) is 0. The third-order valence-electron chi connectivity index (χ3n) is 2.21. The second-order valence-corrected chi connectivity index (χ2v) is 3.47. The van der Waals surface area contributed by atoms with Gasteiger partial charge in [-0.25, -0.2) is 0 Å². The molecule has 0 atom stereocenters. The molecule has 0 saturated carbocycles. The molecule has 0 aliphatic heterocycles. The lowest BCUT2D eigenvalue weighted by atomic mass is 9.68. The van der Waals surface area contributed by atoms with E-state index in [0.29, 0.717) is 0 Å². The van der Waals surface area contributed by atoms with Crippen LogP contribution in [0.1, 0.15) is 52.4 Å². The average Bonchev–Trinajstić information content (AvgIpc) is 2.03. The van der Waals surface area contributed by atoms with Gasteiger partial charge in [0.1, 0.15) is 7.28 Å². The summed E-state index contributed by atoms with van der Waals surface area (Å²) in [6, 6.07) is 0. The van der Waals surface area contributed by atoms with Crippen molar-refractivity contribution in [3.8, 4) is 0 Å². The minimum Gasteiger partial charge on any atom is -0.0774 e. The Morgan fingerprint density at radius 3 is 1.55 bits per heavy atom. The Bertz CT molecular complexity index is 53.9. The SMILES string of the molecule is CCCCCBCCCCC. The van der Waals surface area contributed by atoms with Gasteiger partial charge >= 0.3 is 0 Å². The van der Waals surface area contributed by atoms with Crippen LogP contribution in [0.5, 0.6) is 0 Å². The summed E-state index contributed by atoms with van der Waals surface area (Å²) < 4.78 is 0. The first-order valence-corrected chi connectivity index (χ1v) is 5.41. The third-order valence-corrected chi connectivity index (χ3v) is 2.21. The molecule has 0 aromatic carbocycles. The summed E-state index contributed by atoms with van der Waals surface area (Å²) in [5.74, 6) is 0. The van der Waals surface area contributed by atoms with Gasteiger partial charge in [-0.15, -0.1) is 0 Å². The molecule has 0 amide bonds. The monoisotopic (exact) mass is 154 g/mol. The van der Waals surface area contributed by atoms with Gasteiger partial charge in [0.25, 0.3) is 0 Å². The van der Waals surface area contributed by atoms with Crippen LogP contribution in [0.3, 0.4) is 0 Å². The largest absolute Gasteiger partial charge is 0.120 e. The molecule has 1 heteroatoms. The van der Waals surface area contributed by atoms with E-state index >= 15 is 0 Å². The van der Waals surface area contributed by atoms with Gasteiger partial charge in [-0.05, 0) is 0 Å². The van der Waals surface area contributed by atoms with E-state index in [1.165, 1.54) is 58.4 Å². The highest BCUT2D eigenvalue weighted by Gasteiger charge is 1.91. The molecule has 0 heterocycles. The molecule has 0 saturated heterocycles. The number of unbranched alkanes of at least 4 members (excludes halogenated alkanes) is 4. The van der Waals surface area contributed by atoms with E-state index < -0.39 is 0 Å². The van der Waals surface area contributed by atoms with E-state index in [-0.39, 0.29) is 0 Å². The Balaban J connectivity index is 2.69. The summed E-state index contributed by atoms with van der Waals surface area (Å²) >= 11 is 0. The van der Waals surface area contributed by atoms with Gasteiger partial charge in [-0.2, -0.15) is 0 Å². The van der Waals surface area contributed by atoms with Crippen molar-refractivity contribution in [2.45, 2.75) is 65.0 Å². The molecule has 0 aliphatic carbocycles. The molecule has 0 unspecified atom stereocenters. The Hall–Kier alpha value is 0.0649. The minimum absolute atomic E-state index is 1.37. The molecule has 0 nitrogen and oxygen atoms in total. The van der Waals surface area contributed by atoms with Gasteiger partial charge in [-0.3, -0.25) is 0 Å². The van der Waals surface area contributed by atoms with Crippen LogP contribution >= 0.6 is 0 Å². The molecule has 0 N–H and O–H groups in total. The standard InChI is InChI=1S/C10H23B/c1-3-5-7-9-11-10-8-6-4-2/h11H,3-10H2,1-2H3. The zero-order valence-corrected chi connectivity index (χ0v) is 8.36. The molecule has 0 aliphatic rings. The van der Waals surface area contributed by atoms with E-state index in [2.05, 4.69) is 13.8 Å². The molecule has 0 aromatic rings. The lowest BCUT2D eigenvalue weighted by Gasteiger charge is -1.97. The number of hydrogen-bond acceptors (Lipinski definition) is 0. The fourth-order valence-corrected chi connectivity index (χ4v) is 1.38. The molecule has 0 spiro atoms. The van der Waals surface area contributed by atoms with Crippen molar-refractivity contribution in [2.24, 2.45) is 0 Å². The maximum Gasteiger partial charge on any atom is 0.120 e. The van der Waals surface area contributed by atoms with Crippen LogP contribution in [-0.4, -0.2) is 7.28 Å². The first kappa shape index (κ1) is 11.1. The van der Waals surface area contributed by atoms with Crippen molar-refractivity contribution in [3.05, 3.63) is 0 Å². The van der Waals surface area contributed by atoms with E-state index in [4.69, 9.17) is 0 Å². The fraction of sp³-hybridized carbons (Fsp3) is 1.00. The Labute approximate surface area is 73.0 Å². The zero-order chi connectivity index (χ0) is 8.36. The van der Waals surface area contributed by atoms with Crippen LogP contribution in [0, 0.1) is 0 Å². The Morgan fingerprint density at radius 1 is 0.727 bits per heavy atom. The van der Waals surface area contributed by atoms with Crippen LogP contribution in [0.4, 0.5) is 0 Å². The van der Waals surface area contributed by atoms with Crippen molar-refractivity contribution < 1.29 is 0 Å². The first-order valence-electron chi connectivity index (χ1n) is 5.41. The summed E-state index contributed by atoms with van der Waals surface area (Å²) in [6.45, 7) is 4.55. The lowest BCUT2D eigenvalue weighted by Crippen LogP contribution is -1.88. The van der Waals surface area contributed by atoms with Crippen molar-refractivity contribution in [3.63, 3.8) is 0 Å². The normalized spacial score (nSPS) is 10.0. The predicted octanol–water partition coefficient (Wildman–Crippen LogP) is 3.64. The van der Waals surface area contributed by atoms with Crippen LogP contribution in [0.15, 0.2) is 0 Å². The fourth-order valence-electron chi connectivity index (χ4n) is 1.38. The quantitative estimate of drug-likeness (QED) is 0.370. The van der Waals surface area contributed by atoms with E-state index in [1.54, 1.807) is 0 Å². The van der Waals surface area contributed by atoms with Gasteiger partial charge in [0.15, 0.2) is 0 Å². The predicted molar refractivity (Wildman–Crippen MR) is 55.8 cm³/mol. The zero-order valence-electron chi connectivity index (χ0n) is 8.36. The van der Waals surface area contributed by atoms with Crippen LogP contribution in [-0.2, 0) is 0 Å². The van der Waals surface area contributed by atoms with E-state index in [1.807, 2.05) is 0 Å². The van der Waals surface area contributed by atoms with Gasteiger partial charge in [0, 0.05) is 0 Å². The molecule has 0 radical (unpaired) electrons. The summed E-state index contributed by atoms with van der Waals surface area (Å²) in [4.78, 5) is 0. The lowest BCUT2D eigenvalue weighted by molar-refractivity contribution is 0.752. The molecular formula is C10H23B. The second kappa shape index (κ2) is 10.1. The van der Waals surface area contributed by atoms with E-state index in [0.717, 1.165) is 0 Å². The average molecular weight is 154 g/mol. The molecule has 11 heavy (non-hydrogen) atoms. The Kier molecular flexibility index (Phi) is 10.1. The van der Waals surface area contributed by atoms with E-state index in [9.17, 15) is 0 Å². The molecule has 0 bridgehead atoms. The molecule has 0 aromatic heterocycles. The van der Waals surface area contributed by atoms with Gasteiger partial charge in [-0.1, -0.05) is 65.0 Å². The van der Waals surface area contributed by atoms with Crippen molar-refractivity contribution >= 4 is 7.28 Å². The highest BCUT2D eigenvalue weighted by atomic mass is 13.8. The van der Waals surface area contributed by atoms with Gasteiger partial charge in [0.05, 0.1) is 0 Å². The van der Waals surface area contributed by atoms with Crippen molar-refractivity contribution in [1.82, 2.24) is 0 Å². The van der Waals surface area contributed by atoms with Crippen LogP contribution in [0.2, 0.25) is 12.6 Å². The molecule has 0 fully saturated rings. The van der Waals surface area contributed by atoms with Crippen molar-refractivity contribution in [1.29, 1.82) is 0 Å². The highest BCUT2D eigenvalue weighted by Crippen LogP contribution is 2.04. The van der Waals surface area contributed by atoms with Gasteiger partial charge < -0.3 is 0 Å². The second-order valence-electron chi connectivity index (χ2n) is 3.47. The Morgan fingerprint density at radius 2 is 1.18 bits per heavy atom.